The number of halogens is 12. The van der Waals surface area contributed by atoms with E-state index >= 15 is 0 Å². The molecule has 508 valence electrons. The Morgan fingerprint density at radius 3 is 1.22 bits per heavy atom. The van der Waals surface area contributed by atoms with Gasteiger partial charge in [0.05, 0.1) is 88.9 Å². The Balaban J connectivity index is 0.000000224. The molecule has 0 saturated heterocycles. The molecule has 19 nitrogen and oxygen atoms in total. The molecule has 0 fully saturated rings. The van der Waals surface area contributed by atoms with Crippen LogP contribution in [-0.2, 0) is 72.4 Å². The molecule has 7 N–H and O–H groups in total. The lowest BCUT2D eigenvalue weighted by Gasteiger charge is -2.08. The Bertz CT molecular complexity index is 4310. The molecule has 10 rings (SSSR count). The first-order valence-corrected chi connectivity index (χ1v) is 30.3. The second-order valence-electron chi connectivity index (χ2n) is 19.0. The molecule has 0 amide bonds. The van der Waals surface area contributed by atoms with Crippen molar-refractivity contribution in [3.63, 3.8) is 0 Å². The summed E-state index contributed by atoms with van der Waals surface area (Å²) in [5.74, 6) is 4.28. The van der Waals surface area contributed by atoms with Crippen molar-refractivity contribution in [2.24, 2.45) is 16.8 Å². The van der Waals surface area contributed by atoms with Crippen LogP contribution in [0.3, 0.4) is 0 Å². The smallest absolute Gasteiger partial charge is 0.439 e. The van der Waals surface area contributed by atoms with Crippen LogP contribution in [0.1, 0.15) is 67.0 Å². The Labute approximate surface area is 567 Å². The van der Waals surface area contributed by atoms with Crippen LogP contribution in [0.25, 0.3) is 43.1 Å². The minimum absolute atomic E-state index is 0. The van der Waals surface area contributed by atoms with Gasteiger partial charge in [-0.25, -0.2) is 25.6 Å². The van der Waals surface area contributed by atoms with Crippen LogP contribution < -0.4 is 31.6 Å². The number of hydrogen-bond donors (Lipinski definition) is 5. The third kappa shape index (κ3) is 20.7. The van der Waals surface area contributed by atoms with Gasteiger partial charge in [-0.3, -0.25) is 9.51 Å². The zero-order chi connectivity index (χ0) is 69.2. The van der Waals surface area contributed by atoms with Crippen molar-refractivity contribution in [1.29, 1.82) is 5.26 Å². The number of nitrogens with zero attached hydrogens (tertiary/aromatic N) is 6. The molecule has 0 aliphatic heterocycles. The van der Waals surface area contributed by atoms with E-state index in [4.69, 9.17) is 84.6 Å². The Hall–Kier alpha value is -8.65. The topological polar surface area (TPSA) is 282 Å². The molecule has 6 aromatic carbocycles. The zero-order valence-electron chi connectivity index (χ0n) is 49.1. The molecule has 0 radical (unpaired) electrons. The fourth-order valence-electron chi connectivity index (χ4n) is 8.11. The van der Waals surface area contributed by atoms with Gasteiger partial charge < -0.3 is 44.6 Å². The largest absolute Gasteiger partial charge is 0.488 e. The van der Waals surface area contributed by atoms with Gasteiger partial charge in [-0.05, 0) is 84.9 Å². The number of nitrogens with two attached hydrogens (primary N) is 2. The Kier molecular flexibility index (Phi) is 27.7. The third-order valence-corrected chi connectivity index (χ3v) is 17.0. The first kappa shape index (κ1) is 76.4. The highest BCUT2D eigenvalue weighted by Gasteiger charge is 2.32. The molecular weight excluding hydrogens is 1400 g/mol. The second-order valence-corrected chi connectivity index (χ2v) is 23.5. The first-order chi connectivity index (χ1) is 45.3. The lowest BCUT2D eigenvalue weighted by atomic mass is 10.1. The van der Waals surface area contributed by atoms with Crippen molar-refractivity contribution in [3.05, 3.63) is 213 Å². The maximum atomic E-state index is 12.8. The molecule has 34 heteroatoms. The van der Waals surface area contributed by atoms with E-state index in [9.17, 15) is 44.3 Å². The molecule has 0 unspecified atom stereocenters. The summed E-state index contributed by atoms with van der Waals surface area (Å²) in [4.78, 5) is 29.3. The van der Waals surface area contributed by atoms with Crippen molar-refractivity contribution in [2.45, 2.75) is 65.6 Å². The highest BCUT2D eigenvalue weighted by molar-refractivity contribution is 7.15. The molecule has 0 saturated carbocycles. The van der Waals surface area contributed by atoms with E-state index in [0.717, 1.165) is 51.0 Å². The lowest BCUT2D eigenvalue weighted by molar-refractivity contribution is -0.138. The zero-order valence-corrected chi connectivity index (χ0v) is 53.8. The number of oxime groups is 1. The lowest BCUT2D eigenvalue weighted by Crippen LogP contribution is -2.13. The molecule has 96 heavy (non-hydrogen) atoms. The molecular formula is C62H53Cl3F9N9O10S3. The first-order valence-electron chi connectivity index (χ1n) is 26.7. The number of ether oxygens (including phenoxy) is 6. The van der Waals surface area contributed by atoms with Gasteiger partial charge in [0.1, 0.15) is 58.2 Å². The maximum Gasteiger partial charge on any atom is 0.439 e. The van der Waals surface area contributed by atoms with E-state index < -0.39 is 41.0 Å². The van der Waals surface area contributed by atoms with Crippen LogP contribution in [0.5, 0.6) is 17.2 Å². The number of methoxy groups -OCH3 is 3. The average Bonchev–Trinajstić information content (AvgIpc) is 1.65. The normalized spacial score (nSPS) is 11.4. The fourth-order valence-corrected chi connectivity index (χ4v) is 11.8. The number of aromatic nitrogens is 5. The van der Waals surface area contributed by atoms with E-state index in [2.05, 4.69) is 40.7 Å². The monoisotopic (exact) mass is 1460 g/mol. The second kappa shape index (κ2) is 34.8. The summed E-state index contributed by atoms with van der Waals surface area (Å²) >= 11 is 22.3. The molecule has 4 aromatic heterocycles. The van der Waals surface area contributed by atoms with Crippen LogP contribution in [0.2, 0.25) is 15.1 Å². The van der Waals surface area contributed by atoms with Crippen molar-refractivity contribution in [1.82, 2.24) is 25.1 Å². The molecule has 0 spiro atoms. The van der Waals surface area contributed by atoms with Crippen molar-refractivity contribution in [3.8, 4) is 66.4 Å². The van der Waals surface area contributed by atoms with Crippen LogP contribution >= 0.6 is 68.8 Å². The summed E-state index contributed by atoms with van der Waals surface area (Å²) < 4.78 is 152. The number of H-pyrrole nitrogens is 1. The van der Waals surface area contributed by atoms with Gasteiger partial charge >= 0.3 is 24.3 Å². The Morgan fingerprint density at radius 2 is 0.917 bits per heavy atom. The van der Waals surface area contributed by atoms with E-state index in [-0.39, 0.29) is 68.8 Å². The minimum atomic E-state index is -4.40. The van der Waals surface area contributed by atoms with Crippen LogP contribution in [0.4, 0.5) is 39.5 Å². The highest BCUT2D eigenvalue weighted by atomic mass is 35.5. The predicted octanol–water partition coefficient (Wildman–Crippen LogP) is 16.9. The van der Waals surface area contributed by atoms with Crippen molar-refractivity contribution < 1.29 is 82.9 Å². The number of aromatic amines is 1. The molecule has 10 aromatic rings. The third-order valence-electron chi connectivity index (χ3n) is 12.7. The van der Waals surface area contributed by atoms with Gasteiger partial charge in [0.15, 0.2) is 11.7 Å². The van der Waals surface area contributed by atoms with Gasteiger partial charge in [-0.15, -0.1) is 34.0 Å². The number of amidine groups is 1. The van der Waals surface area contributed by atoms with Gasteiger partial charge in [0.25, 0.3) is 0 Å². The Morgan fingerprint density at radius 1 is 0.562 bits per heavy atom. The number of nitriles is 1. The van der Waals surface area contributed by atoms with E-state index in [0.29, 0.717) is 87.8 Å². The highest BCUT2D eigenvalue weighted by Crippen LogP contribution is 2.39. The number of nitrogens with one attached hydrogen (secondary N) is 1. The van der Waals surface area contributed by atoms with Crippen molar-refractivity contribution >= 4 is 74.6 Å². The predicted molar refractivity (Wildman–Crippen MR) is 343 cm³/mol. The van der Waals surface area contributed by atoms with E-state index in [1.54, 1.807) is 48.5 Å². The molecule has 0 aliphatic rings. The van der Waals surface area contributed by atoms with Crippen LogP contribution in [0.15, 0.2) is 142 Å². The van der Waals surface area contributed by atoms with Crippen LogP contribution in [-0.4, -0.2) is 62.7 Å². The quantitative estimate of drug-likeness (QED) is 0.0156. The SMILES string of the molecule is C.COCc1nc(-c2ccc(C(F)(F)F)cc2)sc1COc1ccc(-c2noc(=O)[nH]2)c(Cl)c1.COCc1nc(-c2ccc(C(F)(F)F)cc2)sc1COc1ccc(C#N)c(Cl)c1.COCc1nc(-c2ccc(C(F)(F)F)cc2)sc1COc1ccc(C(N)=NO)c(Cl)c1.NO. The fraction of sp³-hybridized carbons (Fsp3) is 0.210. The minimum Gasteiger partial charge on any atom is -0.488 e. The van der Waals surface area contributed by atoms with Gasteiger partial charge in [-0.2, -0.15) is 44.8 Å². The van der Waals surface area contributed by atoms with Crippen molar-refractivity contribution in [2.75, 3.05) is 21.3 Å². The number of thiazole rings is 3. The van der Waals surface area contributed by atoms with Crippen LogP contribution in [0, 0.1) is 11.3 Å². The summed E-state index contributed by atoms with van der Waals surface area (Å²) in [5.41, 5.74) is 8.17. The maximum absolute atomic E-state index is 12.8. The number of alkyl halides is 9. The summed E-state index contributed by atoms with van der Waals surface area (Å²) in [6, 6.07) is 30.7. The number of rotatable bonds is 20. The van der Waals surface area contributed by atoms with Gasteiger partial charge in [-0.1, -0.05) is 88.9 Å². The van der Waals surface area contributed by atoms with Gasteiger partial charge in [0, 0.05) is 55.2 Å². The summed E-state index contributed by atoms with van der Waals surface area (Å²) in [6.45, 7) is 1.15. The van der Waals surface area contributed by atoms with E-state index in [1.807, 2.05) is 6.07 Å². The number of benzene rings is 6. The molecule has 0 bridgehead atoms. The molecule has 0 atom stereocenters. The summed E-state index contributed by atoms with van der Waals surface area (Å²) in [5, 5.41) is 33.2. The standard InChI is InChI=1S/C21H15ClF3N3O4S.C20H17ClF3N3O3S.C20H14ClF3N2O2S.CH4.H3NO/c1-30-9-16-17(33-19(26-16)11-2-4-12(5-3-11)21(23,24)25)10-31-13-6-7-14(15(22)8-13)18-27-20(29)32-28-18;1-29-9-16-17(10-30-13-6-7-14(15(21)8-13)18(25)27-28)31-19(26-16)11-2-4-12(5-3-11)20(22,23)24;1-27-10-17-18(11-28-15-7-4-13(9-25)16(21)8-15)29-19(26-17)12-2-5-14(6-3-12)20(22,23)24;;1-2/h2-8H,9-10H2,1H3,(H,27,28,29);2-8,28H,9-10H2,1H3,(H2,25,27);2-8H,10-11H2,1H3;1H4;2H,1H2. The average molecular weight is 1460 g/mol. The molecule has 4 heterocycles. The molecule has 0 aliphatic carbocycles. The summed E-state index contributed by atoms with van der Waals surface area (Å²) in [6.07, 6.45) is -13.2. The summed E-state index contributed by atoms with van der Waals surface area (Å²) in [7, 11) is 4.57. The van der Waals surface area contributed by atoms with E-state index in [1.165, 1.54) is 97.8 Å². The number of hydrogen-bond acceptors (Lipinski definition) is 20. The van der Waals surface area contributed by atoms with Gasteiger partial charge in [0.2, 0.25) is 0 Å².